The third kappa shape index (κ3) is 3.35. The van der Waals surface area contributed by atoms with Crippen molar-refractivity contribution in [1.82, 2.24) is 0 Å². The van der Waals surface area contributed by atoms with Crippen LogP contribution in [0.4, 0.5) is 0 Å². The van der Waals surface area contributed by atoms with Gasteiger partial charge in [-0.2, -0.15) is 0 Å². The normalized spacial score (nSPS) is 25.5. The van der Waals surface area contributed by atoms with Crippen molar-refractivity contribution in [1.29, 1.82) is 0 Å². The Balaban J connectivity index is 2.17. The van der Waals surface area contributed by atoms with Crippen LogP contribution < -0.4 is 5.73 Å². The van der Waals surface area contributed by atoms with Crippen molar-refractivity contribution in [2.45, 2.75) is 25.5 Å². The van der Waals surface area contributed by atoms with E-state index in [-0.39, 0.29) is 0 Å². The van der Waals surface area contributed by atoms with Gasteiger partial charge >= 0.3 is 0 Å². The molecular formula is C9H15NO. The number of nitrogens with two attached hydrogens (primary N) is 1. The molecule has 1 aliphatic carbocycles. The molecule has 0 spiro atoms. The summed E-state index contributed by atoms with van der Waals surface area (Å²) in [6, 6.07) is 0. The monoisotopic (exact) mass is 153 g/mol. The first-order chi connectivity index (χ1) is 5.29. The first-order valence-corrected chi connectivity index (χ1v) is 4.06. The second-order valence-electron chi connectivity index (χ2n) is 2.95. The Bertz CT molecular complexity index is 161. The van der Waals surface area contributed by atoms with Crippen molar-refractivity contribution in [3.05, 3.63) is 24.3 Å². The molecule has 0 radical (unpaired) electrons. The lowest BCUT2D eigenvalue weighted by atomic mass is 9.95. The third-order valence-electron chi connectivity index (χ3n) is 1.90. The second-order valence-corrected chi connectivity index (χ2v) is 2.95. The van der Waals surface area contributed by atoms with Crippen LogP contribution in [-0.2, 0) is 0 Å². The summed E-state index contributed by atoms with van der Waals surface area (Å²) >= 11 is 0. The molecule has 1 aliphatic rings. The van der Waals surface area contributed by atoms with E-state index >= 15 is 0 Å². The summed E-state index contributed by atoms with van der Waals surface area (Å²) in [5, 5.41) is 8.82. The maximum absolute atomic E-state index is 8.82. The lowest BCUT2D eigenvalue weighted by molar-refractivity contribution is 0.164. The molecule has 0 bridgehead atoms. The molecule has 0 fully saturated rings. The van der Waals surface area contributed by atoms with E-state index in [9.17, 15) is 0 Å². The topological polar surface area (TPSA) is 46.2 Å². The summed E-state index contributed by atoms with van der Waals surface area (Å²) in [5.41, 5.74) is 5.22. The SMILES string of the molecule is NC(O)CCC1C=CC=CC1. The van der Waals surface area contributed by atoms with Gasteiger partial charge in [-0.05, 0) is 25.2 Å². The van der Waals surface area contributed by atoms with E-state index in [2.05, 4.69) is 24.3 Å². The van der Waals surface area contributed by atoms with Gasteiger partial charge in [-0.3, -0.25) is 0 Å². The summed E-state index contributed by atoms with van der Waals surface area (Å²) in [6.45, 7) is 0. The minimum absolute atomic E-state index is 0.582. The standard InChI is InChI=1S/C9H15NO/c10-9(11)7-6-8-4-2-1-3-5-8/h1-4,8-9,11H,5-7,10H2. The first-order valence-electron chi connectivity index (χ1n) is 4.06. The number of rotatable bonds is 3. The fraction of sp³-hybridized carbons (Fsp3) is 0.556. The maximum Gasteiger partial charge on any atom is 0.102 e. The highest BCUT2D eigenvalue weighted by Gasteiger charge is 2.06. The maximum atomic E-state index is 8.82. The third-order valence-corrected chi connectivity index (χ3v) is 1.90. The quantitative estimate of drug-likeness (QED) is 0.598. The fourth-order valence-electron chi connectivity index (χ4n) is 1.23. The van der Waals surface area contributed by atoms with E-state index in [4.69, 9.17) is 10.8 Å². The molecule has 2 unspecified atom stereocenters. The molecule has 11 heavy (non-hydrogen) atoms. The minimum atomic E-state index is -0.644. The lowest BCUT2D eigenvalue weighted by Gasteiger charge is -2.13. The average molecular weight is 153 g/mol. The molecule has 0 aromatic heterocycles. The fourth-order valence-corrected chi connectivity index (χ4v) is 1.23. The highest BCUT2D eigenvalue weighted by molar-refractivity contribution is 5.10. The van der Waals surface area contributed by atoms with Gasteiger partial charge in [-0.25, -0.2) is 0 Å². The Morgan fingerprint density at radius 2 is 2.36 bits per heavy atom. The Morgan fingerprint density at radius 3 is 2.91 bits per heavy atom. The van der Waals surface area contributed by atoms with Crippen molar-refractivity contribution in [3.63, 3.8) is 0 Å². The van der Waals surface area contributed by atoms with Crippen molar-refractivity contribution >= 4 is 0 Å². The molecule has 0 aromatic rings. The van der Waals surface area contributed by atoms with Gasteiger partial charge in [0.2, 0.25) is 0 Å². The summed E-state index contributed by atoms with van der Waals surface area (Å²) < 4.78 is 0. The number of hydrogen-bond donors (Lipinski definition) is 2. The van der Waals surface area contributed by atoms with Gasteiger partial charge in [0.25, 0.3) is 0 Å². The summed E-state index contributed by atoms with van der Waals surface area (Å²) in [5.74, 6) is 0.582. The van der Waals surface area contributed by atoms with Gasteiger partial charge in [-0.1, -0.05) is 24.3 Å². The van der Waals surface area contributed by atoms with Gasteiger partial charge in [0.05, 0.1) is 0 Å². The highest BCUT2D eigenvalue weighted by atomic mass is 16.3. The summed E-state index contributed by atoms with van der Waals surface area (Å²) in [6.07, 6.45) is 10.5. The van der Waals surface area contributed by atoms with Crippen LogP contribution in [-0.4, -0.2) is 11.3 Å². The zero-order valence-corrected chi connectivity index (χ0v) is 6.61. The van der Waals surface area contributed by atoms with Crippen LogP contribution in [0.5, 0.6) is 0 Å². The predicted molar refractivity (Wildman–Crippen MR) is 45.8 cm³/mol. The van der Waals surface area contributed by atoms with Gasteiger partial charge in [0.1, 0.15) is 6.23 Å². The molecule has 0 heterocycles. The van der Waals surface area contributed by atoms with Crippen LogP contribution in [0.1, 0.15) is 19.3 Å². The Kier molecular flexibility index (Phi) is 3.33. The number of aliphatic hydroxyl groups is 1. The van der Waals surface area contributed by atoms with Crippen LogP contribution in [0.25, 0.3) is 0 Å². The van der Waals surface area contributed by atoms with E-state index in [1.165, 1.54) is 0 Å². The molecular weight excluding hydrogens is 138 g/mol. The van der Waals surface area contributed by atoms with Crippen LogP contribution in [0.15, 0.2) is 24.3 Å². The van der Waals surface area contributed by atoms with Gasteiger partial charge < -0.3 is 10.8 Å². The zero-order chi connectivity index (χ0) is 8.10. The number of aliphatic hydroxyl groups excluding tert-OH is 1. The van der Waals surface area contributed by atoms with E-state index in [0.29, 0.717) is 12.3 Å². The van der Waals surface area contributed by atoms with E-state index in [1.54, 1.807) is 0 Å². The summed E-state index contributed by atoms with van der Waals surface area (Å²) in [4.78, 5) is 0. The van der Waals surface area contributed by atoms with E-state index < -0.39 is 6.23 Å². The number of hydrogen-bond acceptors (Lipinski definition) is 2. The molecule has 0 aliphatic heterocycles. The second kappa shape index (κ2) is 4.31. The largest absolute Gasteiger partial charge is 0.379 e. The van der Waals surface area contributed by atoms with Gasteiger partial charge in [0.15, 0.2) is 0 Å². The Morgan fingerprint density at radius 1 is 1.55 bits per heavy atom. The molecule has 0 aromatic carbocycles. The van der Waals surface area contributed by atoms with Crippen molar-refractivity contribution in [2.75, 3.05) is 0 Å². The summed E-state index contributed by atoms with van der Waals surface area (Å²) in [7, 11) is 0. The Hall–Kier alpha value is -0.600. The van der Waals surface area contributed by atoms with Crippen molar-refractivity contribution in [3.8, 4) is 0 Å². The van der Waals surface area contributed by atoms with Crippen molar-refractivity contribution < 1.29 is 5.11 Å². The predicted octanol–water partition coefficient (Wildman–Crippen LogP) is 1.18. The average Bonchev–Trinajstić information content (AvgIpc) is 2.03. The smallest absolute Gasteiger partial charge is 0.102 e. The van der Waals surface area contributed by atoms with Crippen LogP contribution in [0, 0.1) is 5.92 Å². The van der Waals surface area contributed by atoms with E-state index in [1.807, 2.05) is 0 Å². The van der Waals surface area contributed by atoms with Crippen LogP contribution >= 0.6 is 0 Å². The molecule has 2 atom stereocenters. The zero-order valence-electron chi connectivity index (χ0n) is 6.61. The molecule has 3 N–H and O–H groups in total. The van der Waals surface area contributed by atoms with Gasteiger partial charge in [0, 0.05) is 0 Å². The van der Waals surface area contributed by atoms with Gasteiger partial charge in [-0.15, -0.1) is 0 Å². The lowest BCUT2D eigenvalue weighted by Crippen LogP contribution is -2.19. The Labute approximate surface area is 67.4 Å². The highest BCUT2D eigenvalue weighted by Crippen LogP contribution is 2.17. The molecule has 2 heteroatoms. The van der Waals surface area contributed by atoms with Crippen LogP contribution in [0.3, 0.4) is 0 Å². The van der Waals surface area contributed by atoms with Crippen molar-refractivity contribution in [2.24, 2.45) is 11.7 Å². The molecule has 0 saturated heterocycles. The number of allylic oxidation sites excluding steroid dienone is 4. The molecule has 0 amide bonds. The van der Waals surface area contributed by atoms with E-state index in [0.717, 1.165) is 12.8 Å². The molecule has 1 rings (SSSR count). The molecule has 62 valence electrons. The minimum Gasteiger partial charge on any atom is -0.379 e. The molecule has 0 saturated carbocycles. The van der Waals surface area contributed by atoms with Crippen LogP contribution in [0.2, 0.25) is 0 Å². The molecule has 2 nitrogen and oxygen atoms in total. The first kappa shape index (κ1) is 8.50.